The number of halogens is 4. The van der Waals surface area contributed by atoms with Crippen molar-refractivity contribution in [1.29, 1.82) is 0 Å². The van der Waals surface area contributed by atoms with E-state index in [2.05, 4.69) is 5.32 Å². The molecule has 2 aromatic rings. The lowest BCUT2D eigenvalue weighted by atomic mass is 9.95. The van der Waals surface area contributed by atoms with Crippen LogP contribution in [-0.4, -0.2) is 42.5 Å². The van der Waals surface area contributed by atoms with Gasteiger partial charge in [-0.25, -0.2) is 4.39 Å². The molecule has 2 amide bonds. The fourth-order valence-corrected chi connectivity index (χ4v) is 3.69. The number of likely N-dealkylation sites (tertiary alicyclic amines) is 1. The number of rotatable bonds is 6. The molecule has 4 nitrogen and oxygen atoms in total. The number of hydrogen-bond donors (Lipinski definition) is 1. The zero-order chi connectivity index (χ0) is 23.1. The lowest BCUT2D eigenvalue weighted by Gasteiger charge is -2.31. The summed E-state index contributed by atoms with van der Waals surface area (Å²) < 4.78 is 54.0. The summed E-state index contributed by atoms with van der Waals surface area (Å²) in [5.41, 5.74) is -0.549. The van der Waals surface area contributed by atoms with E-state index in [0.717, 1.165) is 0 Å². The lowest BCUT2D eigenvalue weighted by molar-refractivity contribution is -0.132. The molecule has 0 atom stereocenters. The van der Waals surface area contributed by atoms with Crippen molar-refractivity contribution in [3.8, 4) is 0 Å². The van der Waals surface area contributed by atoms with Gasteiger partial charge in [-0.3, -0.25) is 9.59 Å². The molecule has 0 aliphatic carbocycles. The zero-order valence-electron chi connectivity index (χ0n) is 17.4. The fraction of sp³-hybridized carbons (Fsp3) is 0.333. The lowest BCUT2D eigenvalue weighted by Crippen LogP contribution is -2.43. The molecule has 32 heavy (non-hydrogen) atoms. The van der Waals surface area contributed by atoms with E-state index in [1.165, 1.54) is 35.2 Å². The Hall–Kier alpha value is -3.16. The summed E-state index contributed by atoms with van der Waals surface area (Å²) in [5, 5.41) is 2.78. The second-order valence-corrected chi connectivity index (χ2v) is 7.65. The van der Waals surface area contributed by atoms with Crippen LogP contribution in [0.25, 0.3) is 5.57 Å². The van der Waals surface area contributed by atoms with Crippen LogP contribution < -0.4 is 5.32 Å². The summed E-state index contributed by atoms with van der Waals surface area (Å²) in [6, 6.07) is 13.5. The fourth-order valence-electron chi connectivity index (χ4n) is 3.69. The maximum Gasteiger partial charge on any atom is 0.417 e. The summed E-state index contributed by atoms with van der Waals surface area (Å²) in [6.07, 6.45) is -2.95. The summed E-state index contributed by atoms with van der Waals surface area (Å²) >= 11 is 0. The molecule has 0 radical (unpaired) electrons. The van der Waals surface area contributed by atoms with Gasteiger partial charge in [0, 0.05) is 31.6 Å². The number of alkyl halides is 3. The molecule has 0 bridgehead atoms. The summed E-state index contributed by atoms with van der Waals surface area (Å²) in [5.74, 6) is -1.57. The average molecular weight is 448 g/mol. The van der Waals surface area contributed by atoms with Gasteiger partial charge in [-0.15, -0.1) is 0 Å². The van der Waals surface area contributed by atoms with Crippen LogP contribution in [0.2, 0.25) is 0 Å². The monoisotopic (exact) mass is 448 g/mol. The van der Waals surface area contributed by atoms with E-state index in [-0.39, 0.29) is 42.8 Å². The molecule has 0 saturated carbocycles. The Morgan fingerprint density at radius 1 is 1.00 bits per heavy atom. The van der Waals surface area contributed by atoms with Crippen molar-refractivity contribution in [2.24, 2.45) is 5.92 Å². The molecular weight excluding hydrogens is 424 g/mol. The number of hydrogen-bond acceptors (Lipinski definition) is 2. The van der Waals surface area contributed by atoms with Crippen LogP contribution in [0.1, 0.15) is 24.0 Å². The highest BCUT2D eigenvalue weighted by Gasteiger charge is 2.36. The average Bonchev–Trinajstić information content (AvgIpc) is 2.78. The van der Waals surface area contributed by atoms with Crippen LogP contribution in [0.3, 0.4) is 0 Å². The van der Waals surface area contributed by atoms with E-state index in [0.29, 0.717) is 30.9 Å². The minimum absolute atomic E-state index is 0.0718. The van der Waals surface area contributed by atoms with Crippen LogP contribution in [0.15, 0.2) is 60.7 Å². The predicted octanol–water partition coefficient (Wildman–Crippen LogP) is 4.37. The van der Waals surface area contributed by atoms with Crippen molar-refractivity contribution in [3.63, 3.8) is 0 Å². The Labute approximate surface area is 183 Å². The van der Waals surface area contributed by atoms with Gasteiger partial charge in [0.25, 0.3) is 0 Å². The molecule has 1 aliphatic heterocycles. The van der Waals surface area contributed by atoms with E-state index in [1.807, 2.05) is 0 Å². The number of allylic oxidation sites excluding steroid dienone is 1. The number of carbonyl (C=O) groups excluding carboxylic acids is 2. The second kappa shape index (κ2) is 10.4. The molecule has 1 heterocycles. The van der Waals surface area contributed by atoms with E-state index >= 15 is 0 Å². The van der Waals surface area contributed by atoms with Gasteiger partial charge in [-0.1, -0.05) is 48.5 Å². The Balaban J connectivity index is 1.53. The molecule has 1 fully saturated rings. The highest BCUT2D eigenvalue weighted by Crippen LogP contribution is 2.34. The molecule has 0 unspecified atom stereocenters. The van der Waals surface area contributed by atoms with Crippen LogP contribution in [0.4, 0.5) is 17.6 Å². The molecule has 1 aliphatic rings. The highest BCUT2D eigenvalue weighted by atomic mass is 19.4. The van der Waals surface area contributed by atoms with Gasteiger partial charge in [0.1, 0.15) is 5.82 Å². The number of nitrogens with one attached hydrogen (secondary N) is 1. The molecule has 8 heteroatoms. The molecular formula is C24H24F4N2O2. The van der Waals surface area contributed by atoms with Gasteiger partial charge < -0.3 is 10.2 Å². The molecule has 0 aromatic heterocycles. The molecule has 1 N–H and O–H groups in total. The van der Waals surface area contributed by atoms with Crippen molar-refractivity contribution in [3.05, 3.63) is 77.6 Å². The first-order valence-corrected chi connectivity index (χ1v) is 10.4. The Morgan fingerprint density at radius 2 is 1.62 bits per heavy atom. The van der Waals surface area contributed by atoms with Crippen LogP contribution >= 0.6 is 0 Å². The minimum atomic E-state index is -4.66. The van der Waals surface area contributed by atoms with E-state index in [4.69, 9.17) is 0 Å². The zero-order valence-corrected chi connectivity index (χ0v) is 17.4. The summed E-state index contributed by atoms with van der Waals surface area (Å²) in [7, 11) is 0. The summed E-state index contributed by atoms with van der Waals surface area (Å²) in [4.78, 5) is 26.2. The third-order valence-corrected chi connectivity index (χ3v) is 5.49. The van der Waals surface area contributed by atoms with Crippen molar-refractivity contribution < 1.29 is 27.2 Å². The molecule has 0 spiro atoms. The van der Waals surface area contributed by atoms with Crippen LogP contribution in [0.5, 0.6) is 0 Å². The minimum Gasteiger partial charge on any atom is -0.356 e. The Morgan fingerprint density at radius 3 is 2.25 bits per heavy atom. The van der Waals surface area contributed by atoms with Gasteiger partial charge in [0.15, 0.2) is 0 Å². The maximum atomic E-state index is 13.6. The highest BCUT2D eigenvalue weighted by molar-refractivity contribution is 5.96. The molecule has 1 saturated heterocycles. The van der Waals surface area contributed by atoms with Gasteiger partial charge in [-0.05, 0) is 36.5 Å². The Bertz CT molecular complexity index is 965. The number of piperidine rings is 1. The number of nitrogens with zero attached hydrogens (tertiary/aromatic N) is 1. The van der Waals surface area contributed by atoms with Gasteiger partial charge in [0.05, 0.1) is 5.57 Å². The van der Waals surface area contributed by atoms with E-state index < -0.39 is 17.7 Å². The third-order valence-electron chi connectivity index (χ3n) is 5.49. The van der Waals surface area contributed by atoms with Crippen molar-refractivity contribution in [1.82, 2.24) is 10.2 Å². The summed E-state index contributed by atoms with van der Waals surface area (Å²) in [6.45, 7) is 0.676. The number of amides is 2. The number of benzene rings is 2. The van der Waals surface area contributed by atoms with Crippen LogP contribution in [0, 0.1) is 11.7 Å². The first-order valence-electron chi connectivity index (χ1n) is 10.4. The second-order valence-electron chi connectivity index (χ2n) is 7.65. The Kier molecular flexibility index (Phi) is 7.66. The largest absolute Gasteiger partial charge is 0.417 e. The van der Waals surface area contributed by atoms with Gasteiger partial charge in [-0.2, -0.15) is 13.2 Å². The smallest absolute Gasteiger partial charge is 0.356 e. The standard InChI is InChI=1S/C24H24F4N2O2/c25-21-9-5-4-8-18(21)10-13-29-23(32)19-11-14-30(15-12-19)22(31)16-20(24(26,27)28)17-6-2-1-3-7-17/h1-9,16,19H,10-15H2,(H,29,32)/b20-16-. The number of carbonyl (C=O) groups is 2. The molecule has 170 valence electrons. The molecule has 3 rings (SSSR count). The van der Waals surface area contributed by atoms with Crippen molar-refractivity contribution in [2.75, 3.05) is 19.6 Å². The van der Waals surface area contributed by atoms with Crippen molar-refractivity contribution in [2.45, 2.75) is 25.4 Å². The van der Waals surface area contributed by atoms with E-state index in [9.17, 15) is 27.2 Å². The van der Waals surface area contributed by atoms with Crippen LogP contribution in [-0.2, 0) is 16.0 Å². The third kappa shape index (κ3) is 6.18. The quantitative estimate of drug-likeness (QED) is 0.527. The normalized spacial score (nSPS) is 15.5. The predicted molar refractivity (Wildman–Crippen MR) is 113 cm³/mol. The SMILES string of the molecule is O=C(NCCc1ccccc1F)C1CCN(C(=O)/C=C(/c2ccccc2)C(F)(F)F)CC1. The van der Waals surface area contributed by atoms with Gasteiger partial charge >= 0.3 is 6.18 Å². The molecule has 2 aromatic carbocycles. The van der Waals surface area contributed by atoms with Gasteiger partial charge in [0.2, 0.25) is 11.8 Å². The topological polar surface area (TPSA) is 49.4 Å². The first-order chi connectivity index (χ1) is 15.3. The van der Waals surface area contributed by atoms with E-state index in [1.54, 1.807) is 24.3 Å². The van der Waals surface area contributed by atoms with Crippen molar-refractivity contribution >= 4 is 17.4 Å². The first kappa shape index (κ1) is 23.5. The maximum absolute atomic E-state index is 13.6.